The van der Waals surface area contributed by atoms with Gasteiger partial charge in [0.15, 0.2) is 0 Å². The minimum atomic E-state index is -0.941. The number of fused-ring (bicyclic) bond motifs is 2. The Hall–Kier alpha value is -3.67. The van der Waals surface area contributed by atoms with Gasteiger partial charge in [-0.15, -0.1) is 0 Å². The summed E-state index contributed by atoms with van der Waals surface area (Å²) < 4.78 is 0. The molecule has 1 heterocycles. The van der Waals surface area contributed by atoms with Crippen molar-refractivity contribution in [2.24, 2.45) is 0 Å². The summed E-state index contributed by atoms with van der Waals surface area (Å²) in [6.45, 7) is 4.08. The summed E-state index contributed by atoms with van der Waals surface area (Å²) in [5.41, 5.74) is 15.3. The number of hydrogen-bond acceptors (Lipinski definition) is 5. The SMILES string of the molecule is Cc1c(N)cc2c(c1C)Nc1ccc(N(C)C)cc1N2c1ccc(C(=O)O)cc1. The Morgan fingerprint density at radius 3 is 2.31 bits per heavy atom. The van der Waals surface area contributed by atoms with Crippen LogP contribution < -0.4 is 20.9 Å². The monoisotopic (exact) mass is 388 g/mol. The van der Waals surface area contributed by atoms with Crippen molar-refractivity contribution in [2.75, 3.05) is 34.9 Å². The minimum absolute atomic E-state index is 0.256. The Morgan fingerprint density at radius 1 is 1.00 bits per heavy atom. The Labute approximate surface area is 170 Å². The van der Waals surface area contributed by atoms with Crippen LogP contribution in [0.2, 0.25) is 0 Å². The van der Waals surface area contributed by atoms with Crippen molar-refractivity contribution >= 4 is 45.8 Å². The van der Waals surface area contributed by atoms with Gasteiger partial charge in [0, 0.05) is 31.2 Å². The van der Waals surface area contributed by atoms with E-state index in [1.54, 1.807) is 12.1 Å². The molecule has 1 aliphatic heterocycles. The second-order valence-corrected chi connectivity index (χ2v) is 7.52. The van der Waals surface area contributed by atoms with Gasteiger partial charge in [-0.1, -0.05) is 0 Å². The van der Waals surface area contributed by atoms with Gasteiger partial charge in [0.05, 0.1) is 28.3 Å². The van der Waals surface area contributed by atoms with Crippen LogP contribution in [0.25, 0.3) is 0 Å². The second kappa shape index (κ2) is 6.74. The molecular formula is C23H24N4O2. The van der Waals surface area contributed by atoms with Crippen LogP contribution in [0, 0.1) is 13.8 Å². The maximum Gasteiger partial charge on any atom is 0.335 e. The number of nitrogens with two attached hydrogens (primary N) is 1. The molecule has 3 aromatic carbocycles. The van der Waals surface area contributed by atoms with E-state index in [2.05, 4.69) is 40.2 Å². The third kappa shape index (κ3) is 3.02. The van der Waals surface area contributed by atoms with E-state index >= 15 is 0 Å². The number of carboxylic acid groups (broad SMARTS) is 1. The van der Waals surface area contributed by atoms with Gasteiger partial charge in [0.1, 0.15) is 0 Å². The van der Waals surface area contributed by atoms with Crippen LogP contribution in [0.1, 0.15) is 21.5 Å². The van der Waals surface area contributed by atoms with Gasteiger partial charge in [-0.25, -0.2) is 4.79 Å². The molecule has 4 rings (SSSR count). The normalized spacial score (nSPS) is 12.1. The molecule has 4 N–H and O–H groups in total. The predicted molar refractivity (Wildman–Crippen MR) is 120 cm³/mol. The highest BCUT2D eigenvalue weighted by Crippen LogP contribution is 2.51. The molecule has 6 nitrogen and oxygen atoms in total. The molecule has 0 aliphatic carbocycles. The van der Waals surface area contributed by atoms with Gasteiger partial charge in [-0.3, -0.25) is 0 Å². The zero-order chi connectivity index (χ0) is 20.9. The number of rotatable bonds is 3. The van der Waals surface area contributed by atoms with Crippen LogP contribution >= 0.6 is 0 Å². The molecule has 0 saturated heterocycles. The van der Waals surface area contributed by atoms with Gasteiger partial charge in [0.25, 0.3) is 0 Å². The van der Waals surface area contributed by atoms with Crippen LogP contribution in [0.5, 0.6) is 0 Å². The number of aromatic carboxylic acids is 1. The van der Waals surface area contributed by atoms with Crippen LogP contribution in [0.15, 0.2) is 48.5 Å². The number of anilines is 7. The van der Waals surface area contributed by atoms with Crippen molar-refractivity contribution in [2.45, 2.75) is 13.8 Å². The lowest BCUT2D eigenvalue weighted by Gasteiger charge is -2.36. The van der Waals surface area contributed by atoms with Crippen molar-refractivity contribution in [1.29, 1.82) is 0 Å². The summed E-state index contributed by atoms with van der Waals surface area (Å²) in [6.07, 6.45) is 0. The van der Waals surface area contributed by atoms with Crippen LogP contribution in [-0.4, -0.2) is 25.2 Å². The first-order valence-corrected chi connectivity index (χ1v) is 9.39. The highest BCUT2D eigenvalue weighted by atomic mass is 16.4. The molecule has 29 heavy (non-hydrogen) atoms. The molecule has 1 aliphatic rings. The quantitative estimate of drug-likeness (QED) is 0.420. The van der Waals surface area contributed by atoms with E-state index in [4.69, 9.17) is 5.73 Å². The molecule has 6 heteroatoms. The summed E-state index contributed by atoms with van der Waals surface area (Å²) in [4.78, 5) is 15.5. The van der Waals surface area contributed by atoms with E-state index in [0.717, 1.165) is 50.9 Å². The van der Waals surface area contributed by atoms with Crippen molar-refractivity contribution in [3.05, 3.63) is 65.2 Å². The highest BCUT2D eigenvalue weighted by molar-refractivity contribution is 6.00. The maximum atomic E-state index is 11.3. The van der Waals surface area contributed by atoms with Crippen LogP contribution in [0.3, 0.4) is 0 Å². The molecule has 0 fully saturated rings. The molecule has 0 amide bonds. The number of benzene rings is 3. The van der Waals surface area contributed by atoms with E-state index in [1.807, 2.05) is 39.2 Å². The molecular weight excluding hydrogens is 364 g/mol. The summed E-state index contributed by atoms with van der Waals surface area (Å²) in [5, 5.41) is 12.8. The number of nitrogen functional groups attached to an aromatic ring is 1. The van der Waals surface area contributed by atoms with E-state index < -0.39 is 5.97 Å². The lowest BCUT2D eigenvalue weighted by Crippen LogP contribution is -2.20. The molecule has 0 spiro atoms. The third-order valence-electron chi connectivity index (χ3n) is 5.53. The van der Waals surface area contributed by atoms with Crippen molar-refractivity contribution < 1.29 is 9.90 Å². The standard InChI is InChI=1S/C23H24N4O2/c1-13-14(2)22-21(12-18(13)24)27(16-7-5-15(6-8-16)23(28)29)20-11-17(26(3)4)9-10-19(20)25-22/h5-12,25H,24H2,1-4H3,(H,28,29). The first-order chi connectivity index (χ1) is 13.8. The lowest BCUT2D eigenvalue weighted by molar-refractivity contribution is 0.0697. The first kappa shape index (κ1) is 18.7. The molecule has 0 unspecified atom stereocenters. The van der Waals surface area contributed by atoms with Crippen LogP contribution in [-0.2, 0) is 0 Å². The van der Waals surface area contributed by atoms with Crippen molar-refractivity contribution in [3.8, 4) is 0 Å². The fourth-order valence-electron chi connectivity index (χ4n) is 3.64. The topological polar surface area (TPSA) is 81.8 Å². The fourth-order valence-corrected chi connectivity index (χ4v) is 3.64. The Balaban J connectivity index is 1.97. The lowest BCUT2D eigenvalue weighted by atomic mass is 9.99. The number of carboxylic acids is 1. The Kier molecular flexibility index (Phi) is 4.34. The molecule has 0 radical (unpaired) electrons. The third-order valence-corrected chi connectivity index (χ3v) is 5.53. The number of hydrogen-bond donors (Lipinski definition) is 3. The fraction of sp³-hybridized carbons (Fsp3) is 0.174. The molecule has 0 saturated carbocycles. The summed E-state index contributed by atoms with van der Waals surface area (Å²) in [6, 6.07) is 15.1. The van der Waals surface area contributed by atoms with Gasteiger partial charge >= 0.3 is 5.97 Å². The molecule has 148 valence electrons. The molecule has 0 bridgehead atoms. The zero-order valence-corrected chi connectivity index (χ0v) is 16.9. The number of nitrogens with zero attached hydrogens (tertiary/aromatic N) is 2. The Morgan fingerprint density at radius 2 is 1.69 bits per heavy atom. The number of carbonyl (C=O) groups is 1. The summed E-state index contributed by atoms with van der Waals surface area (Å²) in [5.74, 6) is -0.941. The molecule has 0 aromatic heterocycles. The van der Waals surface area contributed by atoms with Gasteiger partial charge in [-0.2, -0.15) is 0 Å². The van der Waals surface area contributed by atoms with Crippen LogP contribution in [0.4, 0.5) is 39.8 Å². The Bertz CT molecular complexity index is 1120. The molecule has 0 atom stereocenters. The van der Waals surface area contributed by atoms with E-state index in [0.29, 0.717) is 0 Å². The first-order valence-electron chi connectivity index (χ1n) is 9.39. The van der Waals surface area contributed by atoms with Gasteiger partial charge in [0.2, 0.25) is 0 Å². The van der Waals surface area contributed by atoms with Crippen molar-refractivity contribution in [1.82, 2.24) is 0 Å². The minimum Gasteiger partial charge on any atom is -0.478 e. The predicted octanol–water partition coefficient (Wildman–Crippen LogP) is 5.18. The van der Waals surface area contributed by atoms with Gasteiger partial charge < -0.3 is 26.0 Å². The summed E-state index contributed by atoms with van der Waals surface area (Å²) >= 11 is 0. The zero-order valence-electron chi connectivity index (χ0n) is 16.9. The van der Waals surface area contributed by atoms with E-state index in [1.165, 1.54) is 0 Å². The highest BCUT2D eigenvalue weighted by Gasteiger charge is 2.27. The smallest absolute Gasteiger partial charge is 0.335 e. The van der Waals surface area contributed by atoms with E-state index in [-0.39, 0.29) is 5.56 Å². The van der Waals surface area contributed by atoms with Gasteiger partial charge in [-0.05, 0) is 73.5 Å². The average Bonchev–Trinajstić information content (AvgIpc) is 2.70. The molecule has 3 aromatic rings. The maximum absolute atomic E-state index is 11.3. The number of nitrogens with one attached hydrogen (secondary N) is 1. The largest absolute Gasteiger partial charge is 0.478 e. The van der Waals surface area contributed by atoms with E-state index in [9.17, 15) is 9.90 Å². The summed E-state index contributed by atoms with van der Waals surface area (Å²) in [7, 11) is 4.01. The second-order valence-electron chi connectivity index (χ2n) is 7.52. The van der Waals surface area contributed by atoms with Crippen molar-refractivity contribution in [3.63, 3.8) is 0 Å². The average molecular weight is 388 g/mol.